The molecule has 1 aliphatic heterocycles. The molecule has 5 aromatic rings. The second-order valence-corrected chi connectivity index (χ2v) is 9.07. The Balaban J connectivity index is 1.70. The zero-order valence-electron chi connectivity index (χ0n) is 21.2. The van der Waals surface area contributed by atoms with Gasteiger partial charge in [0.05, 0.1) is 34.1 Å². The smallest absolute Gasteiger partial charge is 0.361 e. The summed E-state index contributed by atoms with van der Waals surface area (Å²) in [5, 5.41) is 1.83. The number of rotatable bonds is 6. The van der Waals surface area contributed by atoms with E-state index in [2.05, 4.69) is 4.57 Å². The number of methoxy groups -OCH3 is 4. The van der Waals surface area contributed by atoms with Crippen LogP contribution >= 0.6 is 0 Å². The van der Waals surface area contributed by atoms with E-state index in [1.54, 1.807) is 28.4 Å². The lowest BCUT2D eigenvalue weighted by molar-refractivity contribution is 0.354. The monoisotopic (exact) mass is 497 g/mol. The number of benzene rings is 3. The van der Waals surface area contributed by atoms with E-state index < -0.39 is 0 Å². The van der Waals surface area contributed by atoms with Crippen molar-refractivity contribution in [1.29, 1.82) is 0 Å². The summed E-state index contributed by atoms with van der Waals surface area (Å²) in [6.07, 6.45) is 1.34. The van der Waals surface area contributed by atoms with Crippen LogP contribution in [0, 0.1) is 0 Å². The average Bonchev–Trinajstić information content (AvgIpc) is 3.27. The number of aromatic nitrogens is 1. The topological polar surface area (TPSA) is 72.1 Å². The van der Waals surface area contributed by atoms with Gasteiger partial charge in [-0.2, -0.15) is 0 Å². The standard InChI is InChI=1S/C30H27NO6/c1-33-23-10-9-17(14-24(23)34-2)13-21-27-19-7-5-6-8-22(19)37-30(32)29(27)31-12-11-18-15-25(35-3)26(36-4)16-20(18)28(21)31/h5-10,14-16H,11-13H2,1-4H3. The van der Waals surface area contributed by atoms with Crippen LogP contribution in [0.3, 0.4) is 0 Å². The Morgan fingerprint density at radius 1 is 0.838 bits per heavy atom. The number of nitrogens with zero attached hydrogens (tertiary/aromatic N) is 1. The van der Waals surface area contributed by atoms with Crippen molar-refractivity contribution in [2.24, 2.45) is 0 Å². The molecule has 0 amide bonds. The van der Waals surface area contributed by atoms with Crippen molar-refractivity contribution in [2.75, 3.05) is 28.4 Å². The molecule has 0 saturated carbocycles. The van der Waals surface area contributed by atoms with Gasteiger partial charge in [-0.05, 0) is 53.4 Å². The van der Waals surface area contributed by atoms with E-state index in [9.17, 15) is 4.79 Å². The summed E-state index contributed by atoms with van der Waals surface area (Å²) < 4.78 is 30.1. The van der Waals surface area contributed by atoms with Crippen LogP contribution in [0.1, 0.15) is 16.7 Å². The van der Waals surface area contributed by atoms with Gasteiger partial charge >= 0.3 is 5.63 Å². The summed E-state index contributed by atoms with van der Waals surface area (Å²) in [6, 6.07) is 17.7. The maximum Gasteiger partial charge on any atom is 0.361 e. The molecule has 6 rings (SSSR count). The van der Waals surface area contributed by atoms with Crippen LogP contribution < -0.4 is 24.6 Å². The minimum Gasteiger partial charge on any atom is -0.493 e. The molecular formula is C30H27NO6. The minimum atomic E-state index is -0.336. The van der Waals surface area contributed by atoms with E-state index in [-0.39, 0.29) is 5.63 Å². The van der Waals surface area contributed by atoms with Gasteiger partial charge in [-0.15, -0.1) is 0 Å². The molecule has 0 N–H and O–H groups in total. The molecule has 37 heavy (non-hydrogen) atoms. The van der Waals surface area contributed by atoms with E-state index >= 15 is 0 Å². The average molecular weight is 498 g/mol. The van der Waals surface area contributed by atoms with Gasteiger partial charge in [0, 0.05) is 29.3 Å². The normalized spacial score (nSPS) is 12.3. The summed E-state index contributed by atoms with van der Waals surface area (Å²) in [7, 11) is 6.53. The molecular weight excluding hydrogens is 470 g/mol. The Labute approximate surface area is 213 Å². The van der Waals surface area contributed by atoms with Crippen LogP contribution in [0.4, 0.5) is 0 Å². The van der Waals surface area contributed by atoms with E-state index in [1.807, 2.05) is 54.6 Å². The second-order valence-electron chi connectivity index (χ2n) is 9.07. The van der Waals surface area contributed by atoms with Crippen LogP contribution in [0.15, 0.2) is 63.8 Å². The third-order valence-corrected chi connectivity index (χ3v) is 7.21. The van der Waals surface area contributed by atoms with Gasteiger partial charge in [-0.1, -0.05) is 24.3 Å². The van der Waals surface area contributed by atoms with Crippen LogP contribution in [0.25, 0.3) is 33.1 Å². The van der Waals surface area contributed by atoms with Gasteiger partial charge in [0.1, 0.15) is 11.1 Å². The Hall–Kier alpha value is -4.39. The fourth-order valence-corrected chi connectivity index (χ4v) is 5.56. The van der Waals surface area contributed by atoms with Crippen molar-refractivity contribution < 1.29 is 23.4 Å². The first-order chi connectivity index (χ1) is 18.1. The highest BCUT2D eigenvalue weighted by Crippen LogP contribution is 2.45. The maximum atomic E-state index is 13.4. The van der Waals surface area contributed by atoms with Crippen LogP contribution in [-0.2, 0) is 19.4 Å². The van der Waals surface area contributed by atoms with Gasteiger partial charge in [0.15, 0.2) is 23.0 Å². The molecule has 3 aromatic carbocycles. The Bertz CT molecular complexity index is 1730. The van der Waals surface area contributed by atoms with Gasteiger partial charge in [0.25, 0.3) is 0 Å². The molecule has 0 fully saturated rings. The molecule has 0 saturated heterocycles. The lowest BCUT2D eigenvalue weighted by Crippen LogP contribution is -2.15. The molecule has 3 heterocycles. The summed E-state index contributed by atoms with van der Waals surface area (Å²) in [5.74, 6) is 2.67. The zero-order chi connectivity index (χ0) is 25.7. The third-order valence-electron chi connectivity index (χ3n) is 7.21. The van der Waals surface area contributed by atoms with Crippen LogP contribution in [0.5, 0.6) is 23.0 Å². The van der Waals surface area contributed by atoms with Crippen LogP contribution in [0.2, 0.25) is 0 Å². The Morgan fingerprint density at radius 2 is 1.54 bits per heavy atom. The van der Waals surface area contributed by atoms with E-state index in [0.717, 1.165) is 45.1 Å². The highest BCUT2D eigenvalue weighted by Gasteiger charge is 2.29. The third kappa shape index (κ3) is 3.53. The van der Waals surface area contributed by atoms with Crippen molar-refractivity contribution in [3.63, 3.8) is 0 Å². The number of hydrogen-bond acceptors (Lipinski definition) is 6. The molecule has 1 aliphatic rings. The van der Waals surface area contributed by atoms with Crippen molar-refractivity contribution in [2.45, 2.75) is 19.4 Å². The van der Waals surface area contributed by atoms with Crippen molar-refractivity contribution >= 4 is 21.9 Å². The number of ether oxygens (including phenoxy) is 4. The minimum absolute atomic E-state index is 0.336. The van der Waals surface area contributed by atoms with E-state index in [4.69, 9.17) is 23.4 Å². The molecule has 0 spiro atoms. The Kier molecular flexibility index (Phi) is 5.56. The molecule has 0 atom stereocenters. The van der Waals surface area contributed by atoms with Gasteiger partial charge in [-0.3, -0.25) is 0 Å². The number of aryl methyl sites for hydroxylation is 2. The first-order valence-electron chi connectivity index (χ1n) is 12.1. The van der Waals surface area contributed by atoms with Gasteiger partial charge in [-0.25, -0.2) is 4.79 Å². The van der Waals surface area contributed by atoms with Gasteiger partial charge in [0.2, 0.25) is 0 Å². The molecule has 7 nitrogen and oxygen atoms in total. The lowest BCUT2D eigenvalue weighted by Gasteiger charge is -2.23. The van der Waals surface area contributed by atoms with Crippen LogP contribution in [-0.4, -0.2) is 33.0 Å². The molecule has 0 aliphatic carbocycles. The summed E-state index contributed by atoms with van der Waals surface area (Å²) in [5.41, 5.74) is 6.09. The molecule has 0 bridgehead atoms. The highest BCUT2D eigenvalue weighted by atomic mass is 16.5. The fourth-order valence-electron chi connectivity index (χ4n) is 5.56. The predicted molar refractivity (Wildman–Crippen MR) is 143 cm³/mol. The Morgan fingerprint density at radius 3 is 2.30 bits per heavy atom. The van der Waals surface area contributed by atoms with Crippen molar-refractivity contribution in [3.8, 4) is 34.3 Å². The first kappa shape index (κ1) is 23.0. The second kappa shape index (κ2) is 8.92. The summed E-state index contributed by atoms with van der Waals surface area (Å²) in [6.45, 7) is 0.656. The molecule has 0 radical (unpaired) electrons. The zero-order valence-corrected chi connectivity index (χ0v) is 21.2. The lowest BCUT2D eigenvalue weighted by atomic mass is 9.92. The van der Waals surface area contributed by atoms with Crippen molar-refractivity contribution in [1.82, 2.24) is 4.57 Å². The fraction of sp³-hybridized carbons (Fsp3) is 0.233. The molecule has 188 valence electrons. The van der Waals surface area contributed by atoms with E-state index in [1.165, 1.54) is 0 Å². The first-order valence-corrected chi connectivity index (χ1v) is 12.1. The number of para-hydroxylation sites is 1. The largest absolute Gasteiger partial charge is 0.493 e. The summed E-state index contributed by atoms with van der Waals surface area (Å²) in [4.78, 5) is 13.4. The molecule has 7 heteroatoms. The molecule has 0 unspecified atom stereocenters. The summed E-state index contributed by atoms with van der Waals surface area (Å²) >= 11 is 0. The molecule has 2 aromatic heterocycles. The predicted octanol–water partition coefficient (Wildman–Crippen LogP) is 5.60. The van der Waals surface area contributed by atoms with Crippen molar-refractivity contribution in [3.05, 3.63) is 81.7 Å². The SMILES string of the molecule is COc1ccc(Cc2c3n(c4c(=O)oc5ccccc5c24)CCc2cc(OC)c(OC)cc2-3)cc1OC. The number of hydrogen-bond donors (Lipinski definition) is 0. The van der Waals surface area contributed by atoms with E-state index in [0.29, 0.717) is 47.1 Å². The highest BCUT2D eigenvalue weighted by molar-refractivity contribution is 6.09. The maximum absolute atomic E-state index is 13.4. The quantitative estimate of drug-likeness (QED) is 0.285. The van der Waals surface area contributed by atoms with Gasteiger partial charge < -0.3 is 27.9 Å². The number of fused-ring (bicyclic) bond motifs is 7.